The largest absolute Gasteiger partial charge is 0.489 e. The first-order chi connectivity index (χ1) is 15.0. The quantitative estimate of drug-likeness (QED) is 0.821. The molecule has 0 fully saturated rings. The number of hydrogen-bond donors (Lipinski definition) is 1. The molecule has 0 amide bonds. The van der Waals surface area contributed by atoms with E-state index in [2.05, 4.69) is 12.1 Å². The Morgan fingerprint density at radius 3 is 2.55 bits per heavy atom. The van der Waals surface area contributed by atoms with E-state index in [9.17, 15) is 15.3 Å². The van der Waals surface area contributed by atoms with Crippen molar-refractivity contribution in [1.82, 2.24) is 4.90 Å². The van der Waals surface area contributed by atoms with Gasteiger partial charge in [0.25, 0.3) is 0 Å². The van der Waals surface area contributed by atoms with E-state index in [1.165, 1.54) is 0 Å². The lowest BCUT2D eigenvalue weighted by molar-refractivity contribution is -0.116. The number of ether oxygens (including phenoxy) is 1. The molecule has 2 aromatic carbocycles. The van der Waals surface area contributed by atoms with Crippen molar-refractivity contribution in [2.75, 3.05) is 7.05 Å². The zero-order chi connectivity index (χ0) is 22.0. The smallest absolute Gasteiger partial charge is 0.161 e. The number of carbonyl (C=O) groups is 1. The third-order valence-corrected chi connectivity index (χ3v) is 5.91. The fraction of sp³-hybridized carbons (Fsp3) is 0.240. The second-order valence-electron chi connectivity index (χ2n) is 7.67. The van der Waals surface area contributed by atoms with Crippen LogP contribution >= 0.6 is 0 Å². The Kier molecular flexibility index (Phi) is 5.47. The van der Waals surface area contributed by atoms with Crippen LogP contribution in [0.4, 0.5) is 0 Å². The van der Waals surface area contributed by atoms with Gasteiger partial charge < -0.3 is 15.4 Å². The highest BCUT2D eigenvalue weighted by Gasteiger charge is 2.38. The van der Waals surface area contributed by atoms with Crippen molar-refractivity contribution in [1.29, 1.82) is 10.5 Å². The Labute approximate surface area is 181 Å². The lowest BCUT2D eigenvalue weighted by Gasteiger charge is -2.37. The summed E-state index contributed by atoms with van der Waals surface area (Å²) in [4.78, 5) is 14.6. The number of Topliss-reactive ketones (excluding diaryl/α,β-unsaturated/α-hetero) is 1. The maximum Gasteiger partial charge on any atom is 0.161 e. The van der Waals surface area contributed by atoms with Crippen LogP contribution in [-0.4, -0.2) is 17.7 Å². The average Bonchev–Trinajstić information content (AvgIpc) is 2.80. The van der Waals surface area contributed by atoms with Crippen LogP contribution in [0, 0.1) is 22.7 Å². The van der Waals surface area contributed by atoms with E-state index in [1.54, 1.807) is 11.0 Å². The Bertz CT molecular complexity index is 1180. The molecule has 0 bridgehead atoms. The first kappa shape index (κ1) is 20.3. The number of carbonyl (C=O) groups excluding carboxylic acids is 1. The van der Waals surface area contributed by atoms with E-state index in [1.807, 2.05) is 49.5 Å². The molecule has 2 N–H and O–H groups in total. The molecule has 0 aromatic heterocycles. The first-order valence-corrected chi connectivity index (χ1v) is 10.2. The van der Waals surface area contributed by atoms with Crippen molar-refractivity contribution in [2.24, 2.45) is 5.73 Å². The Morgan fingerprint density at radius 2 is 1.84 bits per heavy atom. The van der Waals surface area contributed by atoms with Gasteiger partial charge in [0.15, 0.2) is 5.78 Å². The average molecular weight is 410 g/mol. The third-order valence-electron chi connectivity index (χ3n) is 5.91. The van der Waals surface area contributed by atoms with Crippen LogP contribution in [0.3, 0.4) is 0 Å². The van der Waals surface area contributed by atoms with Gasteiger partial charge in [0.1, 0.15) is 18.2 Å². The minimum atomic E-state index is -0.461. The van der Waals surface area contributed by atoms with Crippen molar-refractivity contribution in [3.63, 3.8) is 0 Å². The number of ketones is 1. The molecule has 31 heavy (non-hydrogen) atoms. The van der Waals surface area contributed by atoms with Gasteiger partial charge in [-0.05, 0) is 36.6 Å². The molecule has 6 heteroatoms. The number of nitrogens with two attached hydrogens (primary N) is 1. The summed E-state index contributed by atoms with van der Waals surface area (Å²) in [5, 5.41) is 19.0. The fourth-order valence-corrected chi connectivity index (χ4v) is 4.27. The van der Waals surface area contributed by atoms with E-state index in [-0.39, 0.29) is 12.4 Å². The number of rotatable bonds is 4. The van der Waals surface area contributed by atoms with Crippen LogP contribution < -0.4 is 10.5 Å². The van der Waals surface area contributed by atoms with Gasteiger partial charge in [-0.15, -0.1) is 0 Å². The molecule has 6 nitrogen and oxygen atoms in total. The molecule has 0 saturated heterocycles. The summed E-state index contributed by atoms with van der Waals surface area (Å²) in [6.45, 7) is 0.279. The maximum atomic E-state index is 12.8. The van der Waals surface area contributed by atoms with Crippen molar-refractivity contribution in [3.8, 4) is 17.9 Å². The Morgan fingerprint density at radius 1 is 1.10 bits per heavy atom. The molecule has 0 spiro atoms. The molecule has 1 heterocycles. The first-order valence-electron chi connectivity index (χ1n) is 10.2. The van der Waals surface area contributed by atoms with Crippen molar-refractivity contribution in [2.45, 2.75) is 31.8 Å². The highest BCUT2D eigenvalue weighted by Crippen LogP contribution is 2.44. The van der Waals surface area contributed by atoms with Gasteiger partial charge in [-0.1, -0.05) is 30.3 Å². The van der Waals surface area contributed by atoms with Crippen LogP contribution in [0.25, 0.3) is 0 Å². The zero-order valence-corrected chi connectivity index (χ0v) is 17.3. The number of benzene rings is 2. The minimum Gasteiger partial charge on any atom is -0.489 e. The van der Waals surface area contributed by atoms with Crippen LogP contribution in [0.2, 0.25) is 0 Å². The number of nitrogens with zero attached hydrogens (tertiary/aromatic N) is 3. The topological polar surface area (TPSA) is 103 Å². The lowest BCUT2D eigenvalue weighted by atomic mass is 9.76. The molecular formula is C25H22N4O2. The van der Waals surface area contributed by atoms with Gasteiger partial charge >= 0.3 is 0 Å². The van der Waals surface area contributed by atoms with Crippen LogP contribution in [0.5, 0.6) is 5.75 Å². The second-order valence-corrected chi connectivity index (χ2v) is 7.67. The Hall–Kier alpha value is -4.03. The van der Waals surface area contributed by atoms with Gasteiger partial charge in [-0.2, -0.15) is 10.5 Å². The summed E-state index contributed by atoms with van der Waals surface area (Å²) in [6, 6.07) is 19.1. The van der Waals surface area contributed by atoms with Crippen molar-refractivity contribution < 1.29 is 9.53 Å². The molecule has 0 unspecified atom stereocenters. The SMILES string of the molecule is CN1C(N)=C(C#N)[C@@H](c2ccc(OCc3ccccc3C#N)cc2)C2=C1CCCC2=O. The summed E-state index contributed by atoms with van der Waals surface area (Å²) in [7, 11) is 1.81. The number of hydrogen-bond acceptors (Lipinski definition) is 6. The van der Waals surface area contributed by atoms with Crippen LogP contribution in [0.15, 0.2) is 71.2 Å². The molecule has 4 rings (SSSR count). The molecule has 0 saturated carbocycles. The number of allylic oxidation sites excluding steroid dienone is 3. The second kappa shape index (κ2) is 8.38. The van der Waals surface area contributed by atoms with E-state index in [0.717, 1.165) is 29.7 Å². The Balaban J connectivity index is 1.63. The van der Waals surface area contributed by atoms with E-state index in [4.69, 9.17) is 10.5 Å². The molecule has 1 atom stereocenters. The van der Waals surface area contributed by atoms with Gasteiger partial charge in [-0.3, -0.25) is 4.79 Å². The highest BCUT2D eigenvalue weighted by molar-refractivity contribution is 5.99. The monoisotopic (exact) mass is 410 g/mol. The summed E-state index contributed by atoms with van der Waals surface area (Å²) in [6.07, 6.45) is 2.05. The van der Waals surface area contributed by atoms with Crippen LogP contribution in [-0.2, 0) is 11.4 Å². The molecule has 2 aromatic rings. The van der Waals surface area contributed by atoms with Gasteiger partial charge in [0.05, 0.1) is 29.2 Å². The summed E-state index contributed by atoms with van der Waals surface area (Å²) in [5.74, 6) is 0.655. The van der Waals surface area contributed by atoms with Gasteiger partial charge in [-0.25, -0.2) is 0 Å². The molecular weight excluding hydrogens is 388 g/mol. The van der Waals surface area contributed by atoms with Crippen molar-refractivity contribution in [3.05, 3.63) is 87.9 Å². The van der Waals surface area contributed by atoms with Crippen LogP contribution in [0.1, 0.15) is 41.9 Å². The third kappa shape index (κ3) is 3.65. The fourth-order valence-electron chi connectivity index (χ4n) is 4.27. The number of nitriles is 2. The lowest BCUT2D eigenvalue weighted by Crippen LogP contribution is -2.36. The normalized spacial score (nSPS) is 18.4. The standard InChI is InChI=1S/C25H22N4O2/c1-29-21-7-4-8-22(30)24(21)23(20(14-27)25(29)28)16-9-11-19(12-10-16)31-15-18-6-3-2-5-17(18)13-26/h2-3,5-6,9-12,23H,4,7-8,15,28H2,1H3/t23-/m1/s1. The summed E-state index contributed by atoms with van der Waals surface area (Å²) >= 11 is 0. The minimum absolute atomic E-state index is 0.0757. The molecule has 0 radical (unpaired) electrons. The van der Waals surface area contributed by atoms with E-state index < -0.39 is 5.92 Å². The summed E-state index contributed by atoms with van der Waals surface area (Å²) < 4.78 is 5.86. The van der Waals surface area contributed by atoms with Crippen molar-refractivity contribution >= 4 is 5.78 Å². The predicted molar refractivity (Wildman–Crippen MR) is 115 cm³/mol. The summed E-state index contributed by atoms with van der Waals surface area (Å²) in [5.41, 5.74) is 10.5. The predicted octanol–water partition coefficient (Wildman–Crippen LogP) is 3.87. The zero-order valence-electron chi connectivity index (χ0n) is 17.3. The molecule has 1 aliphatic carbocycles. The highest BCUT2D eigenvalue weighted by atomic mass is 16.5. The molecule has 2 aliphatic rings. The van der Waals surface area contributed by atoms with E-state index >= 15 is 0 Å². The van der Waals surface area contributed by atoms with Gasteiger partial charge in [0.2, 0.25) is 0 Å². The maximum absolute atomic E-state index is 12.8. The van der Waals surface area contributed by atoms with E-state index in [0.29, 0.717) is 34.7 Å². The molecule has 154 valence electrons. The molecule has 1 aliphatic heterocycles. The van der Waals surface area contributed by atoms with Gasteiger partial charge in [0, 0.05) is 30.3 Å².